The number of morpholine rings is 1. The van der Waals surface area contributed by atoms with Crippen LogP contribution in [0.5, 0.6) is 0 Å². The van der Waals surface area contributed by atoms with Gasteiger partial charge >= 0.3 is 5.97 Å². The molecule has 1 atom stereocenters. The lowest BCUT2D eigenvalue weighted by Gasteiger charge is -2.36. The van der Waals surface area contributed by atoms with E-state index < -0.39 is 6.10 Å². The van der Waals surface area contributed by atoms with Crippen molar-refractivity contribution in [3.05, 3.63) is 0 Å². The topological polar surface area (TPSA) is 38.8 Å². The van der Waals surface area contributed by atoms with Crippen molar-refractivity contribution < 1.29 is 14.3 Å². The lowest BCUT2D eigenvalue weighted by molar-refractivity contribution is -0.160. The molecule has 0 amide bonds. The zero-order chi connectivity index (χ0) is 11.3. The molecule has 1 heterocycles. The molecule has 88 valence electrons. The first kappa shape index (κ1) is 12.5. The second-order valence-corrected chi connectivity index (χ2v) is 3.85. The highest BCUT2D eigenvalue weighted by Crippen LogP contribution is 2.14. The lowest BCUT2D eigenvalue weighted by atomic mass is 10.1. The third-order valence-corrected chi connectivity index (χ3v) is 3.02. The van der Waals surface area contributed by atoms with Crippen molar-refractivity contribution in [3.63, 3.8) is 0 Å². The van der Waals surface area contributed by atoms with Crippen molar-refractivity contribution in [2.75, 3.05) is 26.8 Å². The summed E-state index contributed by atoms with van der Waals surface area (Å²) >= 11 is 0. The maximum Gasteiger partial charge on any atom is 0.336 e. The van der Waals surface area contributed by atoms with Gasteiger partial charge in [-0.3, -0.25) is 4.90 Å². The van der Waals surface area contributed by atoms with Gasteiger partial charge in [-0.1, -0.05) is 13.8 Å². The second kappa shape index (κ2) is 6.08. The van der Waals surface area contributed by atoms with E-state index in [0.717, 1.165) is 19.4 Å². The molecule has 15 heavy (non-hydrogen) atoms. The van der Waals surface area contributed by atoms with Crippen molar-refractivity contribution in [1.29, 1.82) is 0 Å². The highest BCUT2D eigenvalue weighted by molar-refractivity contribution is 5.74. The van der Waals surface area contributed by atoms with E-state index in [1.54, 1.807) is 0 Å². The molecular formula is C11H21NO3. The van der Waals surface area contributed by atoms with E-state index in [1.807, 2.05) is 0 Å². The van der Waals surface area contributed by atoms with E-state index >= 15 is 0 Å². The van der Waals surface area contributed by atoms with E-state index in [2.05, 4.69) is 18.7 Å². The van der Waals surface area contributed by atoms with Crippen LogP contribution >= 0.6 is 0 Å². The van der Waals surface area contributed by atoms with Crippen molar-refractivity contribution in [2.45, 2.75) is 38.8 Å². The molecule has 0 spiro atoms. The molecule has 0 aromatic heterocycles. The number of methoxy groups -OCH3 is 1. The summed E-state index contributed by atoms with van der Waals surface area (Å²) in [5.41, 5.74) is 0. The van der Waals surface area contributed by atoms with E-state index in [-0.39, 0.29) is 5.97 Å². The molecule has 0 aromatic rings. The van der Waals surface area contributed by atoms with E-state index in [1.165, 1.54) is 7.11 Å². The summed E-state index contributed by atoms with van der Waals surface area (Å²) in [5, 5.41) is 0. The maximum absolute atomic E-state index is 11.3. The molecule has 0 bridgehead atoms. The van der Waals surface area contributed by atoms with Gasteiger partial charge in [0, 0.05) is 19.1 Å². The van der Waals surface area contributed by atoms with Gasteiger partial charge in [0.15, 0.2) is 6.10 Å². The fraction of sp³-hybridized carbons (Fsp3) is 0.909. The third kappa shape index (κ3) is 3.18. The number of esters is 1. The Hall–Kier alpha value is -0.610. The first-order chi connectivity index (χ1) is 7.22. The van der Waals surface area contributed by atoms with Gasteiger partial charge in [-0.15, -0.1) is 0 Å². The SMILES string of the molecule is CCC(CC)N1CCOC(C(=O)OC)C1. The van der Waals surface area contributed by atoms with Crippen LogP contribution in [0.3, 0.4) is 0 Å². The second-order valence-electron chi connectivity index (χ2n) is 3.85. The van der Waals surface area contributed by atoms with Gasteiger partial charge in [0.05, 0.1) is 13.7 Å². The zero-order valence-corrected chi connectivity index (χ0v) is 9.86. The fourth-order valence-corrected chi connectivity index (χ4v) is 2.08. The monoisotopic (exact) mass is 215 g/mol. The van der Waals surface area contributed by atoms with Gasteiger partial charge in [-0.25, -0.2) is 4.79 Å². The molecule has 0 saturated carbocycles. The molecule has 4 nitrogen and oxygen atoms in total. The quantitative estimate of drug-likeness (QED) is 0.657. The zero-order valence-electron chi connectivity index (χ0n) is 9.86. The highest BCUT2D eigenvalue weighted by Gasteiger charge is 2.29. The van der Waals surface area contributed by atoms with Crippen molar-refractivity contribution in [1.82, 2.24) is 4.90 Å². The molecule has 1 fully saturated rings. The van der Waals surface area contributed by atoms with Crippen molar-refractivity contribution in [2.24, 2.45) is 0 Å². The normalized spacial score (nSPS) is 23.1. The van der Waals surface area contributed by atoms with Crippen LogP contribution in [0.4, 0.5) is 0 Å². The number of rotatable bonds is 4. The highest BCUT2D eigenvalue weighted by atomic mass is 16.6. The van der Waals surface area contributed by atoms with Gasteiger partial charge < -0.3 is 9.47 Å². The standard InChI is InChI=1S/C11H21NO3/c1-4-9(5-2)12-6-7-15-10(8-12)11(13)14-3/h9-10H,4-8H2,1-3H3. The van der Waals surface area contributed by atoms with E-state index in [4.69, 9.17) is 9.47 Å². The Morgan fingerprint density at radius 2 is 2.20 bits per heavy atom. The number of hydrogen-bond donors (Lipinski definition) is 0. The Kier molecular flexibility index (Phi) is 5.05. The predicted molar refractivity (Wildman–Crippen MR) is 57.7 cm³/mol. The molecule has 1 aliphatic heterocycles. The summed E-state index contributed by atoms with van der Waals surface area (Å²) in [5.74, 6) is -0.259. The number of carbonyl (C=O) groups is 1. The smallest absolute Gasteiger partial charge is 0.336 e. The van der Waals surface area contributed by atoms with Crippen LogP contribution < -0.4 is 0 Å². The largest absolute Gasteiger partial charge is 0.467 e. The Morgan fingerprint density at radius 3 is 2.73 bits per heavy atom. The summed E-state index contributed by atoms with van der Waals surface area (Å²) in [6.45, 7) is 6.56. The molecule has 4 heteroatoms. The lowest BCUT2D eigenvalue weighted by Crippen LogP contribution is -2.50. The summed E-state index contributed by atoms with van der Waals surface area (Å²) in [6.07, 6.45) is 1.83. The Labute approximate surface area is 91.5 Å². The molecule has 1 aliphatic rings. The molecule has 1 unspecified atom stereocenters. The summed E-state index contributed by atoms with van der Waals surface area (Å²) < 4.78 is 10.1. The predicted octanol–water partition coefficient (Wildman–Crippen LogP) is 1.05. The van der Waals surface area contributed by atoms with Gasteiger partial charge in [0.1, 0.15) is 0 Å². The Bertz CT molecular complexity index is 204. The number of hydrogen-bond acceptors (Lipinski definition) is 4. The Balaban J connectivity index is 2.51. The first-order valence-corrected chi connectivity index (χ1v) is 5.66. The molecule has 0 aliphatic carbocycles. The van der Waals surface area contributed by atoms with Gasteiger partial charge in [0.25, 0.3) is 0 Å². The van der Waals surface area contributed by atoms with Crippen molar-refractivity contribution >= 4 is 5.97 Å². The van der Waals surface area contributed by atoms with Gasteiger partial charge in [-0.05, 0) is 12.8 Å². The van der Waals surface area contributed by atoms with Crippen LogP contribution in [-0.2, 0) is 14.3 Å². The average molecular weight is 215 g/mol. The number of nitrogens with zero attached hydrogens (tertiary/aromatic N) is 1. The molecule has 0 N–H and O–H groups in total. The molecule has 1 rings (SSSR count). The van der Waals surface area contributed by atoms with Crippen LogP contribution in [0.1, 0.15) is 26.7 Å². The van der Waals surface area contributed by atoms with Crippen LogP contribution in [0.15, 0.2) is 0 Å². The molecular weight excluding hydrogens is 194 g/mol. The average Bonchev–Trinajstić information content (AvgIpc) is 2.30. The third-order valence-electron chi connectivity index (χ3n) is 3.02. The van der Waals surface area contributed by atoms with Gasteiger partial charge in [0.2, 0.25) is 0 Å². The maximum atomic E-state index is 11.3. The summed E-state index contributed by atoms with van der Waals surface area (Å²) in [6, 6.07) is 0.557. The molecule has 1 saturated heterocycles. The first-order valence-electron chi connectivity index (χ1n) is 5.66. The molecule has 0 radical (unpaired) electrons. The summed E-state index contributed by atoms with van der Waals surface area (Å²) in [7, 11) is 1.40. The van der Waals surface area contributed by atoms with E-state index in [0.29, 0.717) is 19.2 Å². The minimum Gasteiger partial charge on any atom is -0.467 e. The number of ether oxygens (including phenoxy) is 2. The van der Waals surface area contributed by atoms with Crippen LogP contribution in [0.25, 0.3) is 0 Å². The minimum absolute atomic E-state index is 0.259. The van der Waals surface area contributed by atoms with Crippen LogP contribution in [0.2, 0.25) is 0 Å². The summed E-state index contributed by atoms with van der Waals surface area (Å²) in [4.78, 5) is 13.7. The Morgan fingerprint density at radius 1 is 1.53 bits per heavy atom. The van der Waals surface area contributed by atoms with Gasteiger partial charge in [-0.2, -0.15) is 0 Å². The van der Waals surface area contributed by atoms with Crippen molar-refractivity contribution in [3.8, 4) is 0 Å². The van der Waals surface area contributed by atoms with E-state index in [9.17, 15) is 4.79 Å². The number of carbonyl (C=O) groups excluding carboxylic acids is 1. The van der Waals surface area contributed by atoms with Crippen LogP contribution in [0, 0.1) is 0 Å². The molecule has 0 aromatic carbocycles. The minimum atomic E-state index is -0.399. The fourth-order valence-electron chi connectivity index (χ4n) is 2.08. The van der Waals surface area contributed by atoms with Crippen LogP contribution in [-0.4, -0.2) is 49.8 Å².